The molecule has 2 atom stereocenters. The number of methoxy groups -OCH3 is 3. The number of aliphatic hydroxyl groups is 1. The van der Waals surface area contributed by atoms with Crippen LogP contribution in [0.2, 0.25) is 0 Å². The number of fused-ring (bicyclic) bond motifs is 1. The zero-order valence-electron chi connectivity index (χ0n) is 23.6. The third-order valence-corrected chi connectivity index (χ3v) is 7.48. The Morgan fingerprint density at radius 1 is 1.05 bits per heavy atom. The van der Waals surface area contributed by atoms with Gasteiger partial charge < -0.3 is 33.9 Å². The molecular formula is C30H38N2O7. The van der Waals surface area contributed by atoms with E-state index in [9.17, 15) is 14.7 Å². The predicted octanol–water partition coefficient (Wildman–Crippen LogP) is 4.19. The van der Waals surface area contributed by atoms with E-state index in [1.54, 1.807) is 24.3 Å². The van der Waals surface area contributed by atoms with Crippen LogP contribution in [0.25, 0.3) is 5.76 Å². The number of rotatable bonds is 11. The first kappa shape index (κ1) is 28.3. The standard InChI is InChI=1S/C30H38N2O7/c1-7-31(8-2)12-9-13-32-26(21-16-23(36-4)29(38-6)24(17-21)37-5)25(28(34)30(32)35)27(33)19-10-11-22-20(15-19)14-18(3)39-22/h10-11,15-18,26,33H,7-9,12-14H2,1-6H3/t18-,26+/m0/s1. The van der Waals surface area contributed by atoms with Crippen molar-refractivity contribution >= 4 is 17.4 Å². The number of benzene rings is 2. The highest BCUT2D eigenvalue weighted by molar-refractivity contribution is 6.46. The number of carbonyl (C=O) groups excluding carboxylic acids is 2. The molecule has 2 aliphatic rings. The van der Waals surface area contributed by atoms with Gasteiger partial charge in [0.2, 0.25) is 5.75 Å². The minimum Gasteiger partial charge on any atom is -0.507 e. The average molecular weight is 539 g/mol. The first-order valence-electron chi connectivity index (χ1n) is 13.4. The first-order chi connectivity index (χ1) is 18.8. The SMILES string of the molecule is CCN(CC)CCCN1C(=O)C(=O)C(=C(O)c2ccc3c(c2)C[C@H](C)O3)[C@H]1c1cc(OC)c(OC)c(OC)c1. The van der Waals surface area contributed by atoms with Crippen molar-refractivity contribution in [3.05, 3.63) is 52.6 Å². The number of hydrogen-bond acceptors (Lipinski definition) is 8. The number of amides is 1. The number of likely N-dealkylation sites (tertiary alicyclic amines) is 1. The highest BCUT2D eigenvalue weighted by Crippen LogP contribution is 2.46. The summed E-state index contributed by atoms with van der Waals surface area (Å²) in [6.45, 7) is 9.07. The van der Waals surface area contributed by atoms with E-state index in [2.05, 4.69) is 18.7 Å². The van der Waals surface area contributed by atoms with Crippen LogP contribution in [0, 0.1) is 0 Å². The van der Waals surface area contributed by atoms with Crippen LogP contribution in [0.15, 0.2) is 35.9 Å². The zero-order chi connectivity index (χ0) is 28.3. The van der Waals surface area contributed by atoms with E-state index in [0.717, 1.165) is 30.9 Å². The van der Waals surface area contributed by atoms with E-state index >= 15 is 0 Å². The monoisotopic (exact) mass is 538 g/mol. The molecule has 0 aliphatic carbocycles. The van der Waals surface area contributed by atoms with Crippen LogP contribution in [-0.4, -0.2) is 80.2 Å². The maximum absolute atomic E-state index is 13.5. The minimum atomic E-state index is -0.834. The lowest BCUT2D eigenvalue weighted by atomic mass is 9.94. The fourth-order valence-electron chi connectivity index (χ4n) is 5.45. The van der Waals surface area contributed by atoms with Gasteiger partial charge in [0.15, 0.2) is 11.5 Å². The normalized spacial score (nSPS) is 19.8. The molecule has 1 fully saturated rings. The molecule has 1 saturated heterocycles. The molecule has 0 aromatic heterocycles. The Balaban J connectivity index is 1.83. The van der Waals surface area contributed by atoms with Crippen LogP contribution in [0.3, 0.4) is 0 Å². The Labute approximate surface area is 229 Å². The number of carbonyl (C=O) groups is 2. The Morgan fingerprint density at radius 3 is 2.31 bits per heavy atom. The number of ketones is 1. The van der Waals surface area contributed by atoms with Gasteiger partial charge in [0.25, 0.3) is 11.7 Å². The van der Waals surface area contributed by atoms with Gasteiger partial charge in [-0.15, -0.1) is 0 Å². The number of ether oxygens (including phenoxy) is 4. The van der Waals surface area contributed by atoms with Crippen LogP contribution in [0.4, 0.5) is 0 Å². The Hall–Kier alpha value is -3.72. The summed E-state index contributed by atoms with van der Waals surface area (Å²) in [6, 6.07) is 7.95. The lowest BCUT2D eigenvalue weighted by Gasteiger charge is -2.27. The van der Waals surface area contributed by atoms with Gasteiger partial charge in [0.1, 0.15) is 17.6 Å². The van der Waals surface area contributed by atoms with Crippen LogP contribution >= 0.6 is 0 Å². The summed E-state index contributed by atoms with van der Waals surface area (Å²) in [5, 5.41) is 11.5. The van der Waals surface area contributed by atoms with Gasteiger partial charge in [0.05, 0.1) is 32.9 Å². The molecule has 0 spiro atoms. The topological polar surface area (TPSA) is 97.8 Å². The molecule has 2 heterocycles. The van der Waals surface area contributed by atoms with Gasteiger partial charge in [0, 0.05) is 18.5 Å². The van der Waals surface area contributed by atoms with E-state index in [4.69, 9.17) is 18.9 Å². The molecule has 210 valence electrons. The lowest BCUT2D eigenvalue weighted by molar-refractivity contribution is -0.140. The summed E-state index contributed by atoms with van der Waals surface area (Å²) < 4.78 is 22.4. The summed E-state index contributed by atoms with van der Waals surface area (Å²) in [6.07, 6.45) is 1.41. The summed E-state index contributed by atoms with van der Waals surface area (Å²) in [5.41, 5.74) is 2.02. The van der Waals surface area contributed by atoms with Gasteiger partial charge in [-0.3, -0.25) is 9.59 Å². The Kier molecular flexibility index (Phi) is 8.70. The fourth-order valence-corrected chi connectivity index (χ4v) is 5.45. The quantitative estimate of drug-likeness (QED) is 0.258. The summed E-state index contributed by atoms with van der Waals surface area (Å²) >= 11 is 0. The first-order valence-corrected chi connectivity index (χ1v) is 13.4. The van der Waals surface area contributed by atoms with Gasteiger partial charge >= 0.3 is 0 Å². The minimum absolute atomic E-state index is 0.0315. The molecule has 2 aromatic carbocycles. The lowest BCUT2D eigenvalue weighted by Crippen LogP contribution is -2.33. The second-order valence-corrected chi connectivity index (χ2v) is 9.79. The van der Waals surface area contributed by atoms with Crippen molar-refractivity contribution in [1.82, 2.24) is 9.80 Å². The Morgan fingerprint density at radius 2 is 1.72 bits per heavy atom. The van der Waals surface area contributed by atoms with Crippen molar-refractivity contribution in [2.45, 2.75) is 45.8 Å². The van der Waals surface area contributed by atoms with Crippen molar-refractivity contribution in [2.24, 2.45) is 0 Å². The molecule has 1 amide bonds. The van der Waals surface area contributed by atoms with Crippen molar-refractivity contribution in [3.8, 4) is 23.0 Å². The highest BCUT2D eigenvalue weighted by Gasteiger charge is 2.46. The second-order valence-electron chi connectivity index (χ2n) is 9.79. The van der Waals surface area contributed by atoms with Crippen molar-refractivity contribution in [2.75, 3.05) is 47.5 Å². The summed E-state index contributed by atoms with van der Waals surface area (Å²) in [7, 11) is 4.53. The molecule has 9 nitrogen and oxygen atoms in total. The van der Waals surface area contributed by atoms with Gasteiger partial charge in [-0.05, 0) is 74.4 Å². The van der Waals surface area contributed by atoms with Crippen LogP contribution < -0.4 is 18.9 Å². The molecule has 0 radical (unpaired) electrons. The van der Waals surface area contributed by atoms with Gasteiger partial charge in [-0.2, -0.15) is 0 Å². The van der Waals surface area contributed by atoms with Gasteiger partial charge in [-0.1, -0.05) is 13.8 Å². The highest BCUT2D eigenvalue weighted by atomic mass is 16.5. The second kappa shape index (κ2) is 12.0. The molecule has 0 bridgehead atoms. The molecular weight excluding hydrogens is 500 g/mol. The molecule has 0 unspecified atom stereocenters. The number of nitrogens with zero attached hydrogens (tertiary/aromatic N) is 2. The van der Waals surface area contributed by atoms with Crippen molar-refractivity contribution < 1.29 is 33.6 Å². The van der Waals surface area contributed by atoms with E-state index in [1.165, 1.54) is 26.2 Å². The van der Waals surface area contributed by atoms with Crippen LogP contribution in [0.5, 0.6) is 23.0 Å². The summed E-state index contributed by atoms with van der Waals surface area (Å²) in [4.78, 5) is 30.7. The molecule has 2 aromatic rings. The zero-order valence-corrected chi connectivity index (χ0v) is 23.6. The third-order valence-electron chi connectivity index (χ3n) is 7.48. The average Bonchev–Trinajstić information content (AvgIpc) is 3.44. The Bertz CT molecular complexity index is 1240. The van der Waals surface area contributed by atoms with E-state index in [0.29, 0.717) is 47.8 Å². The largest absolute Gasteiger partial charge is 0.507 e. The molecule has 1 N–H and O–H groups in total. The van der Waals surface area contributed by atoms with Crippen molar-refractivity contribution in [3.63, 3.8) is 0 Å². The maximum Gasteiger partial charge on any atom is 0.295 e. The molecule has 0 saturated carbocycles. The number of hydrogen-bond donors (Lipinski definition) is 1. The van der Waals surface area contributed by atoms with E-state index in [-0.39, 0.29) is 17.4 Å². The van der Waals surface area contributed by atoms with Crippen LogP contribution in [-0.2, 0) is 16.0 Å². The molecule has 39 heavy (non-hydrogen) atoms. The maximum atomic E-state index is 13.5. The van der Waals surface area contributed by atoms with E-state index < -0.39 is 17.7 Å². The van der Waals surface area contributed by atoms with Crippen LogP contribution in [0.1, 0.15) is 49.9 Å². The molecule has 2 aliphatic heterocycles. The number of aliphatic hydroxyl groups excluding tert-OH is 1. The number of Topliss-reactive ketones (excluding diaryl/α,β-unsaturated/α-hetero) is 1. The smallest absolute Gasteiger partial charge is 0.295 e. The third kappa shape index (κ3) is 5.41. The fraction of sp³-hybridized carbons (Fsp3) is 0.467. The molecule has 9 heteroatoms. The van der Waals surface area contributed by atoms with Gasteiger partial charge in [-0.25, -0.2) is 0 Å². The summed E-state index contributed by atoms with van der Waals surface area (Å²) in [5.74, 6) is 0.355. The van der Waals surface area contributed by atoms with Crippen molar-refractivity contribution in [1.29, 1.82) is 0 Å². The predicted molar refractivity (Wildman–Crippen MR) is 148 cm³/mol. The van der Waals surface area contributed by atoms with E-state index in [1.807, 2.05) is 13.0 Å². The molecule has 4 rings (SSSR count).